The number of anilines is 1. The number of nitrogens with one attached hydrogen (secondary N) is 1. The highest BCUT2D eigenvalue weighted by atomic mass is 16.2. The summed E-state index contributed by atoms with van der Waals surface area (Å²) in [5.74, 6) is 0.626. The Kier molecular flexibility index (Phi) is 3.62. The quantitative estimate of drug-likeness (QED) is 0.640. The minimum atomic E-state index is -0.895. The Labute approximate surface area is 111 Å². The van der Waals surface area contributed by atoms with Crippen LogP contribution in [0.4, 0.5) is 5.69 Å². The predicted octanol–water partition coefficient (Wildman–Crippen LogP) is 0.775. The number of carbonyl (C=O) groups excluding carboxylic acids is 2. The third-order valence-electron chi connectivity index (χ3n) is 2.76. The predicted molar refractivity (Wildman–Crippen MR) is 72.4 cm³/mol. The lowest BCUT2D eigenvalue weighted by molar-refractivity contribution is -0.130. The summed E-state index contributed by atoms with van der Waals surface area (Å²) in [5.41, 5.74) is 1.10. The fourth-order valence-corrected chi connectivity index (χ4v) is 1.86. The molecule has 0 fully saturated rings. The number of hydrogen-bond donors (Lipinski definition) is 1. The Morgan fingerprint density at radius 3 is 2.79 bits per heavy atom. The van der Waals surface area contributed by atoms with E-state index < -0.39 is 11.8 Å². The second-order valence-electron chi connectivity index (χ2n) is 4.08. The van der Waals surface area contributed by atoms with Crippen molar-refractivity contribution in [2.24, 2.45) is 11.0 Å². The van der Waals surface area contributed by atoms with Gasteiger partial charge in [0.05, 0.1) is 17.9 Å². The number of nitrogens with zero attached hydrogens (tertiary/aromatic N) is 2. The Balaban J connectivity index is 2.20. The lowest BCUT2D eigenvalue weighted by Crippen LogP contribution is -2.40. The summed E-state index contributed by atoms with van der Waals surface area (Å²) in [7, 11) is 0. The standard InChI is InChI=1S/C14H13N3O2/c1-3-9-15-13(18)12-10(2)16-17(14(12)19)11-7-5-4-6-8-11/h1,4-8,12H,9H2,2H3,(H,15,18). The van der Waals surface area contributed by atoms with Crippen molar-refractivity contribution >= 4 is 23.2 Å². The summed E-state index contributed by atoms with van der Waals surface area (Å²) in [4.78, 5) is 24.1. The smallest absolute Gasteiger partial charge is 0.265 e. The molecule has 0 bridgehead atoms. The molecule has 1 atom stereocenters. The van der Waals surface area contributed by atoms with Gasteiger partial charge in [-0.25, -0.2) is 0 Å². The highest BCUT2D eigenvalue weighted by molar-refractivity contribution is 6.26. The molecule has 1 aliphatic rings. The molecule has 1 aromatic carbocycles. The van der Waals surface area contributed by atoms with E-state index in [2.05, 4.69) is 16.3 Å². The molecule has 1 N–H and O–H groups in total. The van der Waals surface area contributed by atoms with Crippen LogP contribution in [0, 0.1) is 18.3 Å². The third kappa shape index (κ3) is 2.47. The Bertz CT molecular complexity index is 572. The maximum absolute atomic E-state index is 12.2. The van der Waals surface area contributed by atoms with Crippen LogP contribution in [0.1, 0.15) is 6.92 Å². The summed E-state index contributed by atoms with van der Waals surface area (Å²) >= 11 is 0. The molecule has 0 aliphatic carbocycles. The van der Waals surface area contributed by atoms with E-state index in [9.17, 15) is 9.59 Å². The number of rotatable bonds is 3. The van der Waals surface area contributed by atoms with Crippen molar-refractivity contribution in [3.8, 4) is 12.3 Å². The number of benzene rings is 1. The van der Waals surface area contributed by atoms with Crippen LogP contribution in [-0.4, -0.2) is 24.1 Å². The molecule has 1 heterocycles. The molecule has 19 heavy (non-hydrogen) atoms. The molecule has 5 nitrogen and oxygen atoms in total. The van der Waals surface area contributed by atoms with Crippen molar-refractivity contribution in [2.75, 3.05) is 11.6 Å². The zero-order chi connectivity index (χ0) is 13.8. The van der Waals surface area contributed by atoms with Crippen LogP contribution in [0.5, 0.6) is 0 Å². The highest BCUT2D eigenvalue weighted by Gasteiger charge is 2.39. The molecule has 5 heteroatoms. The van der Waals surface area contributed by atoms with Crippen LogP contribution in [0.25, 0.3) is 0 Å². The SMILES string of the molecule is C#CCNC(=O)C1C(=O)N(c2ccccc2)N=C1C. The average Bonchev–Trinajstić information content (AvgIpc) is 2.72. The van der Waals surface area contributed by atoms with E-state index in [0.29, 0.717) is 11.4 Å². The fraction of sp³-hybridized carbons (Fsp3) is 0.214. The number of hydrazone groups is 1. The molecule has 96 valence electrons. The van der Waals surface area contributed by atoms with Crippen LogP contribution in [-0.2, 0) is 9.59 Å². The first-order valence-corrected chi connectivity index (χ1v) is 5.80. The molecule has 0 saturated heterocycles. The monoisotopic (exact) mass is 255 g/mol. The van der Waals surface area contributed by atoms with Gasteiger partial charge in [0.2, 0.25) is 5.91 Å². The van der Waals surface area contributed by atoms with Gasteiger partial charge in [-0.15, -0.1) is 6.42 Å². The molecular formula is C14H13N3O2. The van der Waals surface area contributed by atoms with Crippen molar-refractivity contribution in [1.29, 1.82) is 0 Å². The van der Waals surface area contributed by atoms with Gasteiger partial charge >= 0.3 is 0 Å². The van der Waals surface area contributed by atoms with Gasteiger partial charge in [0.25, 0.3) is 5.91 Å². The minimum absolute atomic E-state index is 0.0984. The van der Waals surface area contributed by atoms with Gasteiger partial charge in [-0.3, -0.25) is 9.59 Å². The van der Waals surface area contributed by atoms with Crippen molar-refractivity contribution in [3.63, 3.8) is 0 Å². The van der Waals surface area contributed by atoms with E-state index in [-0.39, 0.29) is 12.5 Å². The first-order valence-electron chi connectivity index (χ1n) is 5.80. The zero-order valence-corrected chi connectivity index (χ0v) is 10.5. The van der Waals surface area contributed by atoms with Gasteiger partial charge in [-0.1, -0.05) is 24.1 Å². The fourth-order valence-electron chi connectivity index (χ4n) is 1.86. The third-order valence-corrected chi connectivity index (χ3v) is 2.76. The number of carbonyl (C=O) groups is 2. The Morgan fingerprint density at radius 1 is 1.47 bits per heavy atom. The molecule has 0 aromatic heterocycles. The summed E-state index contributed by atoms with van der Waals surface area (Å²) < 4.78 is 0. The number of para-hydroxylation sites is 1. The van der Waals surface area contributed by atoms with Gasteiger partial charge in [0, 0.05) is 0 Å². The van der Waals surface area contributed by atoms with E-state index in [1.54, 1.807) is 31.2 Å². The number of hydrogen-bond acceptors (Lipinski definition) is 3. The molecule has 1 unspecified atom stereocenters. The van der Waals surface area contributed by atoms with Gasteiger partial charge in [-0.2, -0.15) is 10.1 Å². The normalized spacial score (nSPS) is 17.9. The summed E-state index contributed by atoms with van der Waals surface area (Å²) in [6, 6.07) is 8.98. The van der Waals surface area contributed by atoms with E-state index in [1.165, 1.54) is 5.01 Å². The van der Waals surface area contributed by atoms with Crippen LogP contribution in [0.15, 0.2) is 35.4 Å². The average molecular weight is 255 g/mol. The second-order valence-corrected chi connectivity index (χ2v) is 4.08. The van der Waals surface area contributed by atoms with E-state index in [4.69, 9.17) is 6.42 Å². The van der Waals surface area contributed by atoms with Crippen molar-refractivity contribution in [2.45, 2.75) is 6.92 Å². The number of terminal acetylenes is 1. The van der Waals surface area contributed by atoms with Crippen molar-refractivity contribution in [1.82, 2.24) is 5.32 Å². The topological polar surface area (TPSA) is 61.8 Å². The van der Waals surface area contributed by atoms with E-state index >= 15 is 0 Å². The molecule has 0 saturated carbocycles. The molecule has 1 aromatic rings. The van der Waals surface area contributed by atoms with E-state index in [0.717, 1.165) is 0 Å². The molecule has 2 rings (SSSR count). The van der Waals surface area contributed by atoms with Gasteiger partial charge < -0.3 is 5.32 Å². The molecule has 2 amide bonds. The molecule has 1 aliphatic heterocycles. The van der Waals surface area contributed by atoms with Crippen molar-refractivity contribution in [3.05, 3.63) is 30.3 Å². The lowest BCUT2D eigenvalue weighted by atomic mass is 10.0. The largest absolute Gasteiger partial charge is 0.344 e. The van der Waals surface area contributed by atoms with Crippen molar-refractivity contribution < 1.29 is 9.59 Å². The summed E-state index contributed by atoms with van der Waals surface area (Å²) in [6.45, 7) is 1.75. The Hall–Kier alpha value is -2.61. The maximum atomic E-state index is 12.2. The van der Waals surface area contributed by atoms with Gasteiger partial charge in [0.1, 0.15) is 0 Å². The highest BCUT2D eigenvalue weighted by Crippen LogP contribution is 2.23. The van der Waals surface area contributed by atoms with Crippen LogP contribution >= 0.6 is 0 Å². The first-order chi connectivity index (χ1) is 9.15. The van der Waals surface area contributed by atoms with Crippen LogP contribution in [0.2, 0.25) is 0 Å². The molecular weight excluding hydrogens is 242 g/mol. The maximum Gasteiger partial charge on any atom is 0.265 e. The Morgan fingerprint density at radius 2 is 2.16 bits per heavy atom. The summed E-state index contributed by atoms with van der Waals surface area (Å²) in [5, 5.41) is 7.89. The zero-order valence-electron chi connectivity index (χ0n) is 10.5. The van der Waals surface area contributed by atoms with E-state index in [1.807, 2.05) is 6.07 Å². The molecule has 0 spiro atoms. The minimum Gasteiger partial charge on any atom is -0.344 e. The lowest BCUT2D eigenvalue weighted by Gasteiger charge is -2.13. The summed E-state index contributed by atoms with van der Waals surface area (Å²) in [6.07, 6.45) is 5.07. The molecule has 0 radical (unpaired) electrons. The number of amides is 2. The van der Waals surface area contributed by atoms with Gasteiger partial charge in [-0.05, 0) is 19.1 Å². The van der Waals surface area contributed by atoms with Crippen LogP contribution < -0.4 is 10.3 Å². The van der Waals surface area contributed by atoms with Gasteiger partial charge in [0.15, 0.2) is 5.92 Å². The second kappa shape index (κ2) is 5.36. The first kappa shape index (κ1) is 12.8. The van der Waals surface area contributed by atoms with Crippen LogP contribution in [0.3, 0.4) is 0 Å².